The van der Waals surface area contributed by atoms with Crippen LogP contribution in [0.5, 0.6) is 11.5 Å². The van der Waals surface area contributed by atoms with E-state index in [1.165, 1.54) is 30.3 Å². The van der Waals surface area contributed by atoms with Crippen molar-refractivity contribution >= 4 is 40.9 Å². The van der Waals surface area contributed by atoms with Gasteiger partial charge in [0.25, 0.3) is 5.91 Å². The van der Waals surface area contributed by atoms with E-state index in [1.54, 1.807) is 12.1 Å². The number of halogens is 2. The van der Waals surface area contributed by atoms with Crippen LogP contribution in [0.4, 0.5) is 5.69 Å². The summed E-state index contributed by atoms with van der Waals surface area (Å²) in [7, 11) is 0. The van der Waals surface area contributed by atoms with Gasteiger partial charge in [0.15, 0.2) is 5.75 Å². The molecular formula is C20H18Cl2N2O3. The Labute approximate surface area is 167 Å². The Morgan fingerprint density at radius 3 is 2.37 bits per heavy atom. The number of hydrogen-bond acceptors (Lipinski definition) is 4. The monoisotopic (exact) mass is 404 g/mol. The molecule has 2 aromatic carbocycles. The van der Waals surface area contributed by atoms with Gasteiger partial charge in [-0.3, -0.25) is 4.79 Å². The van der Waals surface area contributed by atoms with E-state index in [0.29, 0.717) is 39.6 Å². The topological polar surface area (TPSA) is 82.3 Å². The molecule has 0 saturated carbocycles. The molecule has 2 aromatic rings. The molecule has 140 valence electrons. The molecule has 0 aromatic heterocycles. The van der Waals surface area contributed by atoms with Crippen molar-refractivity contribution < 1.29 is 14.6 Å². The molecule has 0 aliphatic carbocycles. The fraction of sp³-hybridized carbons (Fsp3) is 0.200. The summed E-state index contributed by atoms with van der Waals surface area (Å²) in [6.45, 7) is 4.47. The maximum atomic E-state index is 12.3. The normalized spacial score (nSPS) is 11.2. The predicted molar refractivity (Wildman–Crippen MR) is 107 cm³/mol. The second kappa shape index (κ2) is 9.31. The third-order valence-electron chi connectivity index (χ3n) is 3.38. The number of rotatable bonds is 6. The van der Waals surface area contributed by atoms with Crippen LogP contribution in [-0.2, 0) is 4.79 Å². The number of aromatic hydroxyl groups is 1. The zero-order valence-corrected chi connectivity index (χ0v) is 16.3. The number of nitrogens with one attached hydrogen (secondary N) is 1. The van der Waals surface area contributed by atoms with Crippen molar-refractivity contribution in [3.8, 4) is 17.6 Å². The number of anilines is 1. The van der Waals surface area contributed by atoms with Gasteiger partial charge in [-0.05, 0) is 54.0 Å². The number of carbonyl (C=O) groups excluding carboxylic acids is 1. The van der Waals surface area contributed by atoms with Crippen molar-refractivity contribution in [1.82, 2.24) is 0 Å². The Morgan fingerprint density at radius 1 is 1.26 bits per heavy atom. The Hall–Kier alpha value is -2.68. The molecule has 0 bridgehead atoms. The molecule has 5 nitrogen and oxygen atoms in total. The van der Waals surface area contributed by atoms with Gasteiger partial charge in [0.05, 0.1) is 16.7 Å². The maximum absolute atomic E-state index is 12.3. The van der Waals surface area contributed by atoms with Crippen LogP contribution in [0.3, 0.4) is 0 Å². The third-order valence-corrected chi connectivity index (χ3v) is 3.94. The van der Waals surface area contributed by atoms with Crippen LogP contribution in [0.25, 0.3) is 6.08 Å². The molecule has 0 atom stereocenters. The molecular weight excluding hydrogens is 387 g/mol. The minimum absolute atomic E-state index is 0.0770. The largest absolute Gasteiger partial charge is 0.508 e. The number of hydrogen-bond donors (Lipinski definition) is 2. The Kier molecular flexibility index (Phi) is 7.12. The maximum Gasteiger partial charge on any atom is 0.266 e. The zero-order chi connectivity index (χ0) is 20.0. The van der Waals surface area contributed by atoms with E-state index in [9.17, 15) is 15.2 Å². The van der Waals surface area contributed by atoms with Gasteiger partial charge in [-0.1, -0.05) is 37.0 Å². The van der Waals surface area contributed by atoms with Crippen LogP contribution in [0.2, 0.25) is 10.0 Å². The summed E-state index contributed by atoms with van der Waals surface area (Å²) in [5.74, 6) is 0.172. The van der Waals surface area contributed by atoms with Crippen LogP contribution in [0.15, 0.2) is 42.0 Å². The third kappa shape index (κ3) is 5.92. The number of phenolic OH excluding ortho intramolecular Hbond substituents is 1. The lowest BCUT2D eigenvalue weighted by Crippen LogP contribution is -2.13. The highest BCUT2D eigenvalue weighted by Gasteiger charge is 2.13. The summed E-state index contributed by atoms with van der Waals surface area (Å²) in [6, 6.07) is 10.9. The molecule has 27 heavy (non-hydrogen) atoms. The van der Waals surface area contributed by atoms with Crippen molar-refractivity contribution in [3.63, 3.8) is 0 Å². The molecule has 0 heterocycles. The standard InChI is InChI=1S/C20H18Cl2N2O3/c1-12(2)11-27-19-17(21)8-13(9-18(19)22)7-14(10-23)20(26)24-15-3-5-16(25)6-4-15/h3-9,12,25H,11H2,1-2H3,(H,24,26)/b14-7+. The fourth-order valence-electron chi connectivity index (χ4n) is 2.11. The van der Waals surface area contributed by atoms with Gasteiger partial charge in [-0.15, -0.1) is 0 Å². The molecule has 2 rings (SSSR count). The average molecular weight is 405 g/mol. The molecule has 2 N–H and O–H groups in total. The summed E-state index contributed by atoms with van der Waals surface area (Å²) >= 11 is 12.4. The first-order valence-corrected chi connectivity index (χ1v) is 8.89. The summed E-state index contributed by atoms with van der Waals surface area (Å²) < 4.78 is 5.60. The lowest BCUT2D eigenvalue weighted by Gasteiger charge is -2.12. The second-order valence-electron chi connectivity index (χ2n) is 6.19. The predicted octanol–water partition coefficient (Wildman–Crippen LogP) is 5.28. The number of ether oxygens (including phenoxy) is 1. The number of nitrogens with zero attached hydrogens (tertiary/aromatic N) is 1. The van der Waals surface area contributed by atoms with Gasteiger partial charge >= 0.3 is 0 Å². The second-order valence-corrected chi connectivity index (χ2v) is 7.00. The molecule has 0 saturated heterocycles. The fourth-order valence-corrected chi connectivity index (χ4v) is 2.72. The smallest absolute Gasteiger partial charge is 0.266 e. The van der Waals surface area contributed by atoms with Crippen molar-refractivity contribution in [2.75, 3.05) is 11.9 Å². The van der Waals surface area contributed by atoms with E-state index in [0.717, 1.165) is 0 Å². The summed E-state index contributed by atoms with van der Waals surface area (Å²) in [5, 5.41) is 21.8. The highest BCUT2D eigenvalue weighted by atomic mass is 35.5. The molecule has 0 aliphatic heterocycles. The first-order chi connectivity index (χ1) is 12.8. The van der Waals surface area contributed by atoms with Crippen LogP contribution >= 0.6 is 23.2 Å². The van der Waals surface area contributed by atoms with Crippen LogP contribution in [-0.4, -0.2) is 17.6 Å². The Bertz CT molecular complexity index is 877. The van der Waals surface area contributed by atoms with Crippen molar-refractivity contribution in [3.05, 3.63) is 57.6 Å². The van der Waals surface area contributed by atoms with E-state index in [1.807, 2.05) is 19.9 Å². The lowest BCUT2D eigenvalue weighted by molar-refractivity contribution is -0.112. The van der Waals surface area contributed by atoms with Crippen molar-refractivity contribution in [2.24, 2.45) is 5.92 Å². The van der Waals surface area contributed by atoms with Gasteiger partial charge in [0.2, 0.25) is 0 Å². The number of carbonyl (C=O) groups is 1. The molecule has 0 fully saturated rings. The quantitative estimate of drug-likeness (QED) is 0.389. The first kappa shape index (κ1) is 20.6. The number of benzene rings is 2. The van der Waals surface area contributed by atoms with Crippen LogP contribution in [0.1, 0.15) is 19.4 Å². The number of phenols is 1. The highest BCUT2D eigenvalue weighted by Crippen LogP contribution is 2.35. The SMILES string of the molecule is CC(C)COc1c(Cl)cc(/C=C(\C#N)C(=O)Nc2ccc(O)cc2)cc1Cl. The molecule has 7 heteroatoms. The van der Waals surface area contributed by atoms with E-state index < -0.39 is 5.91 Å². The Balaban J connectivity index is 2.22. The first-order valence-electron chi connectivity index (χ1n) is 8.14. The van der Waals surface area contributed by atoms with E-state index >= 15 is 0 Å². The number of nitriles is 1. The van der Waals surface area contributed by atoms with Gasteiger partial charge in [0, 0.05) is 5.69 Å². The highest BCUT2D eigenvalue weighted by molar-refractivity contribution is 6.37. The molecule has 0 unspecified atom stereocenters. The average Bonchev–Trinajstić information content (AvgIpc) is 2.60. The molecule has 0 spiro atoms. The van der Waals surface area contributed by atoms with Crippen LogP contribution < -0.4 is 10.1 Å². The van der Waals surface area contributed by atoms with Gasteiger partial charge in [-0.25, -0.2) is 0 Å². The minimum Gasteiger partial charge on any atom is -0.508 e. The van der Waals surface area contributed by atoms with E-state index in [-0.39, 0.29) is 11.3 Å². The Morgan fingerprint density at radius 2 is 1.85 bits per heavy atom. The minimum atomic E-state index is -0.587. The van der Waals surface area contributed by atoms with Gasteiger partial charge < -0.3 is 15.2 Å². The number of amides is 1. The molecule has 1 amide bonds. The van der Waals surface area contributed by atoms with E-state index in [2.05, 4.69) is 5.32 Å². The zero-order valence-electron chi connectivity index (χ0n) is 14.8. The summed E-state index contributed by atoms with van der Waals surface area (Å²) in [4.78, 5) is 12.3. The summed E-state index contributed by atoms with van der Waals surface area (Å²) in [5.41, 5.74) is 0.831. The van der Waals surface area contributed by atoms with Crippen molar-refractivity contribution in [2.45, 2.75) is 13.8 Å². The van der Waals surface area contributed by atoms with Gasteiger partial charge in [0.1, 0.15) is 17.4 Å². The lowest BCUT2D eigenvalue weighted by atomic mass is 10.1. The van der Waals surface area contributed by atoms with Gasteiger partial charge in [-0.2, -0.15) is 5.26 Å². The summed E-state index contributed by atoms with van der Waals surface area (Å²) in [6.07, 6.45) is 1.39. The van der Waals surface area contributed by atoms with Crippen LogP contribution in [0, 0.1) is 17.2 Å². The van der Waals surface area contributed by atoms with Crippen molar-refractivity contribution in [1.29, 1.82) is 5.26 Å². The molecule has 0 radical (unpaired) electrons. The van der Waals surface area contributed by atoms with E-state index in [4.69, 9.17) is 27.9 Å². The molecule has 0 aliphatic rings.